The molecule has 0 saturated heterocycles. The van der Waals surface area contributed by atoms with E-state index in [1.165, 1.54) is 0 Å². The van der Waals surface area contributed by atoms with Gasteiger partial charge < -0.3 is 15.7 Å². The van der Waals surface area contributed by atoms with Gasteiger partial charge >= 0.3 is 5.97 Å². The molecule has 6 heteroatoms. The molecule has 0 aliphatic carbocycles. The van der Waals surface area contributed by atoms with E-state index < -0.39 is 12.0 Å². The van der Waals surface area contributed by atoms with Crippen LogP contribution in [0.25, 0.3) is 0 Å². The summed E-state index contributed by atoms with van der Waals surface area (Å²) in [5, 5.41) is 14.8. The van der Waals surface area contributed by atoms with Crippen molar-refractivity contribution in [1.29, 1.82) is 0 Å². The van der Waals surface area contributed by atoms with Gasteiger partial charge in [-0.05, 0) is 24.8 Å². The Labute approximate surface area is 129 Å². The maximum Gasteiger partial charge on any atom is 0.320 e. The largest absolute Gasteiger partial charge is 0.480 e. The lowest BCUT2D eigenvalue weighted by Crippen LogP contribution is -2.38. The van der Waals surface area contributed by atoms with Crippen molar-refractivity contribution in [2.45, 2.75) is 37.1 Å². The first-order chi connectivity index (χ1) is 10.1. The zero-order valence-corrected chi connectivity index (χ0v) is 13.2. The molecule has 0 aliphatic rings. The van der Waals surface area contributed by atoms with E-state index in [9.17, 15) is 9.59 Å². The Hall–Kier alpha value is -1.53. The number of amides is 1. The number of hydrogen-bond donors (Lipinski definition) is 3. The minimum absolute atomic E-state index is 0.121. The van der Waals surface area contributed by atoms with E-state index in [1.54, 1.807) is 11.8 Å². The lowest BCUT2D eigenvalue weighted by molar-refractivity contribution is -0.139. The number of aliphatic carboxylic acids is 1. The Morgan fingerprint density at radius 2 is 2.05 bits per heavy atom. The third-order valence-electron chi connectivity index (χ3n) is 3.00. The Bertz CT molecular complexity index is 480. The fourth-order valence-electron chi connectivity index (χ4n) is 1.92. The molecule has 0 spiro atoms. The van der Waals surface area contributed by atoms with Gasteiger partial charge in [-0.3, -0.25) is 9.59 Å². The van der Waals surface area contributed by atoms with Gasteiger partial charge in [-0.2, -0.15) is 0 Å². The fourth-order valence-corrected chi connectivity index (χ4v) is 2.48. The van der Waals surface area contributed by atoms with Crippen LogP contribution in [0.3, 0.4) is 0 Å². The van der Waals surface area contributed by atoms with Crippen molar-refractivity contribution in [2.75, 3.05) is 18.1 Å². The van der Waals surface area contributed by atoms with E-state index in [1.807, 2.05) is 37.4 Å². The fraction of sp³-hybridized carbons (Fsp3) is 0.467. The number of para-hydroxylation sites is 1. The van der Waals surface area contributed by atoms with Crippen molar-refractivity contribution in [3.05, 3.63) is 24.3 Å². The third kappa shape index (κ3) is 6.18. The molecule has 0 heterocycles. The monoisotopic (exact) mass is 310 g/mol. The predicted octanol–water partition coefficient (Wildman–Crippen LogP) is 2.58. The highest BCUT2D eigenvalue weighted by Crippen LogP contribution is 2.24. The Morgan fingerprint density at radius 3 is 2.67 bits per heavy atom. The van der Waals surface area contributed by atoms with Gasteiger partial charge in [0.15, 0.2) is 0 Å². The third-order valence-corrected chi connectivity index (χ3v) is 3.80. The van der Waals surface area contributed by atoms with Gasteiger partial charge in [0.05, 0.1) is 5.69 Å². The molecular formula is C15H22N2O3S. The van der Waals surface area contributed by atoms with E-state index >= 15 is 0 Å². The average Bonchev–Trinajstić information content (AvgIpc) is 2.46. The van der Waals surface area contributed by atoms with Crippen LogP contribution in [0.15, 0.2) is 29.2 Å². The van der Waals surface area contributed by atoms with E-state index in [4.69, 9.17) is 5.11 Å². The van der Waals surface area contributed by atoms with Crippen LogP contribution < -0.4 is 10.6 Å². The minimum atomic E-state index is -0.870. The van der Waals surface area contributed by atoms with Crippen molar-refractivity contribution in [2.24, 2.45) is 0 Å². The zero-order chi connectivity index (χ0) is 15.7. The topological polar surface area (TPSA) is 78.4 Å². The quantitative estimate of drug-likeness (QED) is 0.611. The summed E-state index contributed by atoms with van der Waals surface area (Å²) in [5.74, 6) is -0.991. The van der Waals surface area contributed by atoms with Crippen LogP contribution in [0.1, 0.15) is 26.2 Å². The van der Waals surface area contributed by atoms with Crippen LogP contribution in [-0.2, 0) is 9.59 Å². The van der Waals surface area contributed by atoms with E-state index in [0.717, 1.165) is 17.0 Å². The molecule has 0 aromatic heterocycles. The number of carboxylic acid groups (broad SMARTS) is 1. The number of carbonyl (C=O) groups is 2. The number of carboxylic acids is 1. The normalized spacial score (nSPS) is 11.9. The maximum absolute atomic E-state index is 11.9. The summed E-state index contributed by atoms with van der Waals surface area (Å²) in [6, 6.07) is 7.01. The maximum atomic E-state index is 11.9. The van der Waals surface area contributed by atoms with Crippen molar-refractivity contribution in [3.8, 4) is 0 Å². The molecule has 5 nitrogen and oxygen atoms in total. The van der Waals surface area contributed by atoms with E-state index in [2.05, 4.69) is 10.6 Å². The Balaban J connectivity index is 2.42. The second-order valence-electron chi connectivity index (χ2n) is 4.63. The first-order valence-electron chi connectivity index (χ1n) is 6.97. The van der Waals surface area contributed by atoms with Crippen LogP contribution in [0, 0.1) is 0 Å². The van der Waals surface area contributed by atoms with Gasteiger partial charge in [0.25, 0.3) is 0 Å². The van der Waals surface area contributed by atoms with Gasteiger partial charge in [-0.25, -0.2) is 0 Å². The molecule has 1 unspecified atom stereocenters. The Kier molecular flexibility index (Phi) is 7.85. The van der Waals surface area contributed by atoms with Crippen LogP contribution in [-0.4, -0.2) is 35.8 Å². The van der Waals surface area contributed by atoms with Crippen molar-refractivity contribution in [3.63, 3.8) is 0 Å². The smallest absolute Gasteiger partial charge is 0.320 e. The minimum Gasteiger partial charge on any atom is -0.480 e. The molecule has 1 atom stereocenters. The molecule has 0 fully saturated rings. The first-order valence-corrected chi connectivity index (χ1v) is 8.20. The summed E-state index contributed by atoms with van der Waals surface area (Å²) in [6.45, 7) is 2.29. The zero-order valence-electron chi connectivity index (χ0n) is 12.4. The molecule has 1 aromatic carbocycles. The number of anilines is 1. The molecule has 21 heavy (non-hydrogen) atoms. The summed E-state index contributed by atoms with van der Waals surface area (Å²) < 4.78 is 0. The Morgan fingerprint density at radius 1 is 1.33 bits per heavy atom. The van der Waals surface area contributed by atoms with Gasteiger partial charge in [0.1, 0.15) is 6.04 Å². The molecule has 0 saturated carbocycles. The van der Waals surface area contributed by atoms with Gasteiger partial charge in [0, 0.05) is 17.9 Å². The molecule has 1 rings (SSSR count). The SMILES string of the molecule is CCCC(NCCC(=O)Nc1ccccc1SC)C(=O)O. The van der Waals surface area contributed by atoms with E-state index in [0.29, 0.717) is 13.0 Å². The number of benzene rings is 1. The van der Waals surface area contributed by atoms with Crippen molar-refractivity contribution in [1.82, 2.24) is 5.32 Å². The highest BCUT2D eigenvalue weighted by molar-refractivity contribution is 7.98. The second kappa shape index (κ2) is 9.41. The number of nitrogens with one attached hydrogen (secondary N) is 2. The summed E-state index contributed by atoms with van der Waals surface area (Å²) in [5.41, 5.74) is 0.790. The van der Waals surface area contributed by atoms with Crippen LogP contribution in [0.5, 0.6) is 0 Å². The van der Waals surface area contributed by atoms with Gasteiger partial charge in [0.2, 0.25) is 5.91 Å². The summed E-state index contributed by atoms with van der Waals surface area (Å²) in [4.78, 5) is 23.9. The van der Waals surface area contributed by atoms with Gasteiger partial charge in [-0.1, -0.05) is 25.5 Å². The second-order valence-corrected chi connectivity index (χ2v) is 5.48. The lowest BCUT2D eigenvalue weighted by atomic mass is 10.1. The number of thioether (sulfide) groups is 1. The van der Waals surface area contributed by atoms with Crippen LogP contribution in [0.4, 0.5) is 5.69 Å². The molecule has 116 valence electrons. The summed E-state index contributed by atoms with van der Waals surface area (Å²) >= 11 is 1.57. The molecule has 0 bridgehead atoms. The van der Waals surface area contributed by atoms with Crippen molar-refractivity contribution >= 4 is 29.3 Å². The van der Waals surface area contributed by atoms with Crippen LogP contribution in [0.2, 0.25) is 0 Å². The number of rotatable bonds is 9. The standard InChI is InChI=1S/C15H22N2O3S/c1-3-6-12(15(19)20)16-10-9-14(18)17-11-7-4-5-8-13(11)21-2/h4-5,7-8,12,16H,3,6,9-10H2,1-2H3,(H,17,18)(H,19,20). The highest BCUT2D eigenvalue weighted by atomic mass is 32.2. The molecule has 1 amide bonds. The summed E-state index contributed by atoms with van der Waals surface area (Å²) in [7, 11) is 0. The molecule has 1 aromatic rings. The first kappa shape index (κ1) is 17.5. The average molecular weight is 310 g/mol. The van der Waals surface area contributed by atoms with Gasteiger partial charge in [-0.15, -0.1) is 11.8 Å². The molecule has 3 N–H and O–H groups in total. The number of hydrogen-bond acceptors (Lipinski definition) is 4. The van der Waals surface area contributed by atoms with E-state index in [-0.39, 0.29) is 12.3 Å². The number of carbonyl (C=O) groups excluding carboxylic acids is 1. The molecular weight excluding hydrogens is 288 g/mol. The predicted molar refractivity (Wildman–Crippen MR) is 85.8 cm³/mol. The molecule has 0 aliphatic heterocycles. The lowest BCUT2D eigenvalue weighted by Gasteiger charge is -2.13. The van der Waals surface area contributed by atoms with Crippen molar-refractivity contribution < 1.29 is 14.7 Å². The molecule has 0 radical (unpaired) electrons. The van der Waals surface area contributed by atoms with Crippen LogP contribution >= 0.6 is 11.8 Å². The highest BCUT2D eigenvalue weighted by Gasteiger charge is 2.15. The summed E-state index contributed by atoms with van der Waals surface area (Å²) in [6.07, 6.45) is 3.55.